The van der Waals surface area contributed by atoms with E-state index in [9.17, 15) is 5.26 Å². The van der Waals surface area contributed by atoms with E-state index >= 15 is 0 Å². The molecule has 128 valence electrons. The zero-order chi connectivity index (χ0) is 18.1. The standard InChI is InChI=1S/C21H18N4S/c1-14-7-9-16(10-8-14)12-17(13-22)26-21-24-23-20-11-15(2)18-5-3-4-6-19(18)25(20)21/h3-11,17H,12H2,1-2H3. The highest BCUT2D eigenvalue weighted by Gasteiger charge is 2.17. The Morgan fingerprint density at radius 2 is 1.85 bits per heavy atom. The molecule has 0 spiro atoms. The largest absolute Gasteiger partial charge is 0.270 e. The molecule has 26 heavy (non-hydrogen) atoms. The fourth-order valence-corrected chi connectivity index (χ4v) is 4.10. The number of thioether (sulfide) groups is 1. The summed E-state index contributed by atoms with van der Waals surface area (Å²) < 4.78 is 2.05. The van der Waals surface area contributed by atoms with Gasteiger partial charge in [-0.15, -0.1) is 10.2 Å². The molecule has 4 nitrogen and oxygen atoms in total. The molecule has 4 rings (SSSR count). The third-order valence-electron chi connectivity index (χ3n) is 4.51. The van der Waals surface area contributed by atoms with Crippen molar-refractivity contribution < 1.29 is 0 Å². The van der Waals surface area contributed by atoms with Gasteiger partial charge in [0.05, 0.1) is 11.6 Å². The summed E-state index contributed by atoms with van der Waals surface area (Å²) in [5.74, 6) is 0. The topological polar surface area (TPSA) is 54.0 Å². The molecule has 0 aliphatic rings. The highest BCUT2D eigenvalue weighted by molar-refractivity contribution is 8.00. The first kappa shape index (κ1) is 16.6. The first-order chi connectivity index (χ1) is 12.7. The van der Waals surface area contributed by atoms with Crippen molar-refractivity contribution in [3.8, 4) is 6.07 Å². The van der Waals surface area contributed by atoms with E-state index < -0.39 is 0 Å². The zero-order valence-corrected chi connectivity index (χ0v) is 15.5. The Balaban J connectivity index is 1.71. The molecule has 1 atom stereocenters. The minimum atomic E-state index is -0.217. The van der Waals surface area contributed by atoms with Crippen LogP contribution in [0.5, 0.6) is 0 Å². The molecule has 0 amide bonds. The lowest BCUT2D eigenvalue weighted by atomic mass is 10.1. The van der Waals surface area contributed by atoms with Crippen molar-refractivity contribution in [1.82, 2.24) is 14.6 Å². The normalized spacial score (nSPS) is 12.3. The Hall–Kier alpha value is -2.84. The van der Waals surface area contributed by atoms with E-state index in [2.05, 4.69) is 66.5 Å². The van der Waals surface area contributed by atoms with Crippen molar-refractivity contribution in [3.05, 3.63) is 71.3 Å². The van der Waals surface area contributed by atoms with Crippen molar-refractivity contribution in [3.63, 3.8) is 0 Å². The molecular weight excluding hydrogens is 340 g/mol. The molecule has 0 aliphatic carbocycles. The Morgan fingerprint density at radius 3 is 2.62 bits per heavy atom. The number of pyridine rings is 1. The van der Waals surface area contributed by atoms with Crippen LogP contribution in [0.25, 0.3) is 16.6 Å². The molecule has 2 heterocycles. The minimum Gasteiger partial charge on any atom is -0.270 e. The summed E-state index contributed by atoms with van der Waals surface area (Å²) in [6.45, 7) is 4.15. The quantitative estimate of drug-likeness (QED) is 0.495. The number of fused-ring (bicyclic) bond motifs is 3. The molecule has 1 unspecified atom stereocenters. The van der Waals surface area contributed by atoms with Crippen molar-refractivity contribution in [2.24, 2.45) is 0 Å². The molecular formula is C21H18N4S. The molecule has 5 heteroatoms. The predicted molar refractivity (Wildman–Crippen MR) is 105 cm³/mol. The van der Waals surface area contributed by atoms with E-state index in [0.29, 0.717) is 6.42 Å². The predicted octanol–water partition coefficient (Wildman–Crippen LogP) is 4.73. The Morgan fingerprint density at radius 1 is 1.08 bits per heavy atom. The number of benzene rings is 2. The van der Waals surface area contributed by atoms with Gasteiger partial charge in [-0.2, -0.15) is 5.26 Å². The lowest BCUT2D eigenvalue weighted by Gasteiger charge is -2.10. The molecule has 0 saturated heterocycles. The number of para-hydroxylation sites is 1. The van der Waals surface area contributed by atoms with Crippen molar-refractivity contribution in [1.29, 1.82) is 5.26 Å². The van der Waals surface area contributed by atoms with Crippen molar-refractivity contribution in [2.45, 2.75) is 30.7 Å². The Labute approximate surface area is 156 Å². The van der Waals surface area contributed by atoms with Crippen LogP contribution in [0.3, 0.4) is 0 Å². The summed E-state index contributed by atoms with van der Waals surface area (Å²) in [4.78, 5) is 0. The molecule has 2 aromatic carbocycles. The number of hydrogen-bond donors (Lipinski definition) is 0. The second-order valence-corrected chi connectivity index (χ2v) is 7.62. The lowest BCUT2D eigenvalue weighted by molar-refractivity contribution is 0.925. The van der Waals surface area contributed by atoms with Gasteiger partial charge in [-0.3, -0.25) is 4.40 Å². The third kappa shape index (κ3) is 3.04. The number of nitrogens with zero attached hydrogens (tertiary/aromatic N) is 4. The molecule has 0 bridgehead atoms. The number of rotatable bonds is 4. The van der Waals surface area contributed by atoms with Gasteiger partial charge in [0.25, 0.3) is 0 Å². The number of aromatic nitrogens is 3. The average Bonchev–Trinajstić information content (AvgIpc) is 3.06. The van der Waals surface area contributed by atoms with Gasteiger partial charge in [-0.1, -0.05) is 59.8 Å². The lowest BCUT2D eigenvalue weighted by Crippen LogP contribution is -2.05. The second-order valence-electron chi connectivity index (χ2n) is 6.45. The van der Waals surface area contributed by atoms with Gasteiger partial charge in [-0.05, 0) is 43.5 Å². The fourth-order valence-electron chi connectivity index (χ4n) is 3.13. The average molecular weight is 358 g/mol. The summed E-state index contributed by atoms with van der Waals surface area (Å²) in [6.07, 6.45) is 0.681. The van der Waals surface area contributed by atoms with Crippen LogP contribution in [-0.4, -0.2) is 19.8 Å². The second kappa shape index (κ2) is 6.81. The smallest absolute Gasteiger partial charge is 0.197 e. The van der Waals surface area contributed by atoms with E-state index in [4.69, 9.17) is 0 Å². The molecule has 4 aromatic rings. The van der Waals surface area contributed by atoms with Crippen molar-refractivity contribution in [2.75, 3.05) is 0 Å². The fraction of sp³-hybridized carbons (Fsp3) is 0.190. The third-order valence-corrected chi connectivity index (χ3v) is 5.54. The van der Waals surface area contributed by atoms with Crippen LogP contribution in [0.15, 0.2) is 59.8 Å². The van der Waals surface area contributed by atoms with Crippen LogP contribution in [0.2, 0.25) is 0 Å². The number of nitriles is 1. The SMILES string of the molecule is Cc1ccc(CC(C#N)Sc2nnc3cc(C)c4ccccc4n23)cc1. The highest BCUT2D eigenvalue weighted by Crippen LogP contribution is 2.29. The van der Waals surface area contributed by atoms with Crippen LogP contribution in [0.1, 0.15) is 16.7 Å². The van der Waals surface area contributed by atoms with E-state index in [-0.39, 0.29) is 5.25 Å². The maximum Gasteiger partial charge on any atom is 0.197 e. The highest BCUT2D eigenvalue weighted by atomic mass is 32.2. The van der Waals surface area contributed by atoms with Gasteiger partial charge in [0.2, 0.25) is 0 Å². The van der Waals surface area contributed by atoms with Gasteiger partial charge in [0.15, 0.2) is 10.8 Å². The maximum atomic E-state index is 9.64. The van der Waals surface area contributed by atoms with E-state index in [1.807, 2.05) is 22.6 Å². The summed E-state index contributed by atoms with van der Waals surface area (Å²) in [7, 11) is 0. The Bertz CT molecular complexity index is 1120. The van der Waals surface area contributed by atoms with Gasteiger partial charge in [0, 0.05) is 5.39 Å². The molecule has 0 N–H and O–H groups in total. The molecule has 0 aliphatic heterocycles. The monoisotopic (exact) mass is 358 g/mol. The van der Waals surface area contributed by atoms with Crippen LogP contribution >= 0.6 is 11.8 Å². The molecule has 0 fully saturated rings. The van der Waals surface area contributed by atoms with Gasteiger partial charge >= 0.3 is 0 Å². The number of aryl methyl sites for hydroxylation is 2. The van der Waals surface area contributed by atoms with Gasteiger partial charge < -0.3 is 0 Å². The van der Waals surface area contributed by atoms with E-state index in [0.717, 1.165) is 21.9 Å². The molecule has 0 saturated carbocycles. The van der Waals surface area contributed by atoms with E-state index in [1.165, 1.54) is 28.3 Å². The first-order valence-electron chi connectivity index (χ1n) is 8.51. The summed E-state index contributed by atoms with van der Waals surface area (Å²) in [5.41, 5.74) is 5.44. The first-order valence-corrected chi connectivity index (χ1v) is 9.39. The van der Waals surface area contributed by atoms with Crippen molar-refractivity contribution >= 4 is 28.3 Å². The molecule has 2 aromatic heterocycles. The summed E-state index contributed by atoms with van der Waals surface area (Å²) in [5, 5.41) is 20.0. The van der Waals surface area contributed by atoms with Crippen LogP contribution < -0.4 is 0 Å². The molecule has 0 radical (unpaired) electrons. The minimum absolute atomic E-state index is 0.217. The Kier molecular flexibility index (Phi) is 4.36. The number of hydrogen-bond acceptors (Lipinski definition) is 4. The summed E-state index contributed by atoms with van der Waals surface area (Å²) >= 11 is 1.47. The van der Waals surface area contributed by atoms with Gasteiger partial charge in [0.1, 0.15) is 5.25 Å². The van der Waals surface area contributed by atoms with Crippen LogP contribution in [-0.2, 0) is 6.42 Å². The van der Waals surface area contributed by atoms with Crippen LogP contribution in [0, 0.1) is 25.2 Å². The van der Waals surface area contributed by atoms with E-state index in [1.54, 1.807) is 0 Å². The zero-order valence-electron chi connectivity index (χ0n) is 14.7. The maximum absolute atomic E-state index is 9.64. The van der Waals surface area contributed by atoms with Crippen LogP contribution in [0.4, 0.5) is 0 Å². The van der Waals surface area contributed by atoms with Gasteiger partial charge in [-0.25, -0.2) is 0 Å². The summed E-state index contributed by atoms with van der Waals surface area (Å²) in [6, 6.07) is 21.0.